The Morgan fingerprint density at radius 2 is 0.833 bits per heavy atom. The van der Waals surface area contributed by atoms with Gasteiger partial charge in [0, 0.05) is 26.2 Å². The lowest BCUT2D eigenvalue weighted by molar-refractivity contribution is -0.0465. The Balaban J connectivity index is 0.000000142. The fourth-order valence-electron chi connectivity index (χ4n) is 10.00. The highest BCUT2D eigenvalue weighted by molar-refractivity contribution is 5.71. The van der Waals surface area contributed by atoms with Crippen molar-refractivity contribution < 1.29 is 19.1 Å². The second kappa shape index (κ2) is 15.6. The number of benzene rings is 4. The van der Waals surface area contributed by atoms with Gasteiger partial charge in [-0.15, -0.1) is 0 Å². The molecule has 0 unspecified atom stereocenters. The zero-order valence-corrected chi connectivity index (χ0v) is 31.2. The molecule has 12 rings (SSSR count). The summed E-state index contributed by atoms with van der Waals surface area (Å²) in [7, 11) is 0. The first kappa shape index (κ1) is 35.1. The van der Waals surface area contributed by atoms with E-state index in [2.05, 4.69) is 82.6 Å². The SMILES string of the molecule is O=C(O[C@@H]1CN2CCC1CC2)N1CCc2ccccc2[C@@H]1c1ccccc1.O=C(O[C@H]1CN2CCC1CC2)N1CCc2ccccc2[C@@H]1c1ccccc1. The van der Waals surface area contributed by atoms with E-state index in [0.29, 0.717) is 24.9 Å². The van der Waals surface area contributed by atoms with Crippen LogP contribution in [0.25, 0.3) is 0 Å². The largest absolute Gasteiger partial charge is 0.444 e. The second-order valence-corrected chi connectivity index (χ2v) is 16.0. The van der Waals surface area contributed by atoms with E-state index in [1.807, 2.05) is 46.2 Å². The van der Waals surface area contributed by atoms with Crippen LogP contribution in [-0.4, -0.2) is 96.4 Å². The summed E-state index contributed by atoms with van der Waals surface area (Å²) in [6.45, 7) is 7.83. The number of nitrogens with zero attached hydrogens (tertiary/aromatic N) is 4. The molecule has 4 atom stereocenters. The van der Waals surface area contributed by atoms with Gasteiger partial charge < -0.3 is 9.47 Å². The van der Waals surface area contributed by atoms with Crippen LogP contribution in [0.15, 0.2) is 109 Å². The predicted octanol–water partition coefficient (Wildman–Crippen LogP) is 7.73. The minimum absolute atomic E-state index is 0.0496. The van der Waals surface area contributed by atoms with Crippen molar-refractivity contribution in [3.63, 3.8) is 0 Å². The van der Waals surface area contributed by atoms with Crippen molar-refractivity contribution in [3.8, 4) is 0 Å². The highest BCUT2D eigenvalue weighted by Crippen LogP contribution is 2.39. The summed E-state index contributed by atoms with van der Waals surface area (Å²) in [5.74, 6) is 1.07. The van der Waals surface area contributed by atoms with E-state index in [0.717, 1.165) is 88.9 Å². The Bertz CT molecular complexity index is 1770. The first-order valence-corrected chi connectivity index (χ1v) is 20.2. The molecule has 0 saturated carbocycles. The highest BCUT2D eigenvalue weighted by Gasteiger charge is 2.41. The van der Waals surface area contributed by atoms with Crippen LogP contribution in [0.2, 0.25) is 0 Å². The van der Waals surface area contributed by atoms with E-state index in [9.17, 15) is 9.59 Å². The maximum Gasteiger partial charge on any atom is 0.410 e. The minimum atomic E-state index is -0.155. The van der Waals surface area contributed by atoms with Crippen LogP contribution in [-0.2, 0) is 22.3 Å². The van der Waals surface area contributed by atoms with Gasteiger partial charge >= 0.3 is 12.2 Å². The maximum absolute atomic E-state index is 13.2. The van der Waals surface area contributed by atoms with E-state index >= 15 is 0 Å². The number of fused-ring (bicyclic) bond motifs is 8. The molecule has 6 saturated heterocycles. The molecular weight excluding hydrogens is 673 g/mol. The molecule has 4 aromatic rings. The van der Waals surface area contributed by atoms with Crippen molar-refractivity contribution in [1.82, 2.24) is 19.6 Å². The molecular formula is C46H52N4O4. The molecule has 8 nitrogen and oxygen atoms in total. The number of carbonyl (C=O) groups excluding carboxylic acids is 2. The van der Waals surface area contributed by atoms with E-state index < -0.39 is 0 Å². The molecule has 0 N–H and O–H groups in total. The normalized spacial score (nSPS) is 29.3. The lowest BCUT2D eigenvalue weighted by Gasteiger charge is -2.45. The van der Waals surface area contributed by atoms with Crippen molar-refractivity contribution in [2.24, 2.45) is 11.8 Å². The molecule has 2 amide bonds. The van der Waals surface area contributed by atoms with E-state index in [4.69, 9.17) is 9.47 Å². The summed E-state index contributed by atoms with van der Waals surface area (Å²) in [6, 6.07) is 37.5. The maximum atomic E-state index is 13.2. The van der Waals surface area contributed by atoms with Crippen LogP contribution in [0, 0.1) is 11.8 Å². The van der Waals surface area contributed by atoms with Crippen LogP contribution in [0.5, 0.6) is 0 Å². The van der Waals surface area contributed by atoms with E-state index in [1.165, 1.54) is 22.3 Å². The van der Waals surface area contributed by atoms with Crippen LogP contribution in [0.3, 0.4) is 0 Å². The Labute approximate surface area is 319 Å². The van der Waals surface area contributed by atoms with Crippen LogP contribution in [0.1, 0.15) is 71.1 Å². The van der Waals surface area contributed by atoms with Gasteiger partial charge in [-0.25, -0.2) is 9.59 Å². The summed E-state index contributed by atoms with van der Waals surface area (Å²) < 4.78 is 12.2. The smallest absolute Gasteiger partial charge is 0.410 e. The fourth-order valence-corrected chi connectivity index (χ4v) is 10.00. The molecule has 4 bridgehead atoms. The monoisotopic (exact) mass is 724 g/mol. The summed E-state index contributed by atoms with van der Waals surface area (Å²) in [5.41, 5.74) is 7.41. The van der Waals surface area contributed by atoms with Gasteiger partial charge in [-0.2, -0.15) is 0 Å². The first-order chi connectivity index (χ1) is 26.6. The number of carbonyl (C=O) groups is 2. The second-order valence-electron chi connectivity index (χ2n) is 16.0. The number of hydrogen-bond acceptors (Lipinski definition) is 6. The molecule has 0 spiro atoms. The molecule has 4 aromatic carbocycles. The molecule has 54 heavy (non-hydrogen) atoms. The number of piperidine rings is 6. The third-order valence-corrected chi connectivity index (χ3v) is 13.0. The van der Waals surface area contributed by atoms with Crippen molar-refractivity contribution in [2.45, 2.75) is 62.8 Å². The molecule has 8 heterocycles. The van der Waals surface area contributed by atoms with Gasteiger partial charge in [0.1, 0.15) is 12.2 Å². The summed E-state index contributed by atoms with van der Waals surface area (Å²) in [4.78, 5) is 35.2. The van der Waals surface area contributed by atoms with Crippen molar-refractivity contribution >= 4 is 12.2 Å². The van der Waals surface area contributed by atoms with Gasteiger partial charge in [-0.1, -0.05) is 109 Å². The quantitative estimate of drug-likeness (QED) is 0.215. The topological polar surface area (TPSA) is 65.6 Å². The average molecular weight is 725 g/mol. The lowest BCUT2D eigenvalue weighted by atomic mass is 9.86. The molecule has 0 aliphatic carbocycles. The Hall–Kier alpha value is -4.66. The van der Waals surface area contributed by atoms with Gasteiger partial charge in [0.25, 0.3) is 0 Å². The predicted molar refractivity (Wildman–Crippen MR) is 209 cm³/mol. The zero-order chi connectivity index (χ0) is 36.4. The first-order valence-electron chi connectivity index (χ1n) is 20.2. The van der Waals surface area contributed by atoms with Crippen molar-refractivity contribution in [1.29, 1.82) is 0 Å². The van der Waals surface area contributed by atoms with E-state index in [-0.39, 0.29) is 36.5 Å². The van der Waals surface area contributed by atoms with Gasteiger partial charge in [-0.3, -0.25) is 19.6 Å². The number of hydrogen-bond donors (Lipinski definition) is 0. The number of ether oxygens (including phenoxy) is 2. The number of amides is 2. The zero-order valence-electron chi connectivity index (χ0n) is 31.2. The summed E-state index contributed by atoms with van der Waals surface area (Å²) in [6.07, 6.45) is 6.18. The number of rotatable bonds is 4. The average Bonchev–Trinajstić information content (AvgIpc) is 3.24. The van der Waals surface area contributed by atoms with Crippen LogP contribution in [0.4, 0.5) is 9.59 Å². The van der Waals surface area contributed by atoms with Crippen LogP contribution < -0.4 is 0 Å². The van der Waals surface area contributed by atoms with Crippen LogP contribution >= 0.6 is 0 Å². The minimum Gasteiger partial charge on any atom is -0.444 e. The third kappa shape index (κ3) is 7.14. The molecule has 8 aliphatic heterocycles. The third-order valence-electron chi connectivity index (χ3n) is 13.0. The standard InChI is InChI=1S/2C23H26N2O2/c2*26-23(27-21-16-24-13-10-18(21)11-14-24)25-15-12-17-6-4-5-9-20(17)22(25)19-7-2-1-3-8-19/h2*1-9,18,21-22H,10-16H2/t21-,22+;21-,22-/m10/s1. The molecule has 280 valence electrons. The molecule has 0 aromatic heterocycles. The van der Waals surface area contributed by atoms with Gasteiger partial charge in [0.2, 0.25) is 0 Å². The Kier molecular flexibility index (Phi) is 10.1. The van der Waals surface area contributed by atoms with Gasteiger partial charge in [-0.05, 0) is 110 Å². The fraction of sp³-hybridized carbons (Fsp3) is 0.435. The van der Waals surface area contributed by atoms with Gasteiger partial charge in [0.05, 0.1) is 12.1 Å². The lowest BCUT2D eigenvalue weighted by Crippen LogP contribution is -2.53. The molecule has 8 aliphatic rings. The Morgan fingerprint density at radius 3 is 1.20 bits per heavy atom. The molecule has 8 heteroatoms. The highest BCUT2D eigenvalue weighted by atomic mass is 16.6. The molecule has 6 fully saturated rings. The van der Waals surface area contributed by atoms with Gasteiger partial charge in [0.15, 0.2) is 0 Å². The Morgan fingerprint density at radius 1 is 0.463 bits per heavy atom. The van der Waals surface area contributed by atoms with E-state index in [1.54, 1.807) is 0 Å². The van der Waals surface area contributed by atoms with Crippen molar-refractivity contribution in [2.75, 3.05) is 52.4 Å². The molecule has 0 radical (unpaired) electrons. The van der Waals surface area contributed by atoms with Crippen molar-refractivity contribution in [3.05, 3.63) is 143 Å². The summed E-state index contributed by atoms with van der Waals surface area (Å²) in [5, 5.41) is 0. The summed E-state index contributed by atoms with van der Waals surface area (Å²) >= 11 is 0.